The molecule has 0 fully saturated rings. The number of hydrogen-bond acceptors (Lipinski definition) is 4. The number of H-pyrrole nitrogens is 1. The molecular formula is C12H10N4O. The number of aryl methyl sites for hydroxylation is 1. The zero-order chi connectivity index (χ0) is 12.3. The van der Waals surface area contributed by atoms with Crippen LogP contribution in [0.15, 0.2) is 29.3 Å². The minimum Gasteiger partial charge on any atom is -0.304 e. The quantitative estimate of drug-likeness (QED) is 0.835. The Balaban J connectivity index is 2.58. The topological polar surface area (TPSA) is 82.4 Å². The molecule has 0 aliphatic rings. The Bertz CT molecular complexity index is 639. The summed E-state index contributed by atoms with van der Waals surface area (Å²) in [7, 11) is 0. The first-order chi connectivity index (χ1) is 8.26. The standard InChI is InChI=1S/C12H10N4O/c1-2-8-4-3-5-14-10(8)11-15-7-9(6-13)12(17)16-11/h3-5,7H,2H2,1H3,(H,15,16,17). The minimum atomic E-state index is -0.440. The van der Waals surface area contributed by atoms with Crippen molar-refractivity contribution in [2.24, 2.45) is 0 Å². The van der Waals surface area contributed by atoms with Gasteiger partial charge in [-0.2, -0.15) is 5.26 Å². The lowest BCUT2D eigenvalue weighted by atomic mass is 10.1. The van der Waals surface area contributed by atoms with Crippen LogP contribution in [0.3, 0.4) is 0 Å². The normalized spacial score (nSPS) is 9.88. The Morgan fingerprint density at radius 2 is 2.29 bits per heavy atom. The Hall–Kier alpha value is -2.48. The molecule has 0 amide bonds. The van der Waals surface area contributed by atoms with Gasteiger partial charge in [-0.3, -0.25) is 9.78 Å². The molecule has 0 spiro atoms. The van der Waals surface area contributed by atoms with Gasteiger partial charge in [0.2, 0.25) is 0 Å². The van der Waals surface area contributed by atoms with Crippen LogP contribution in [0.2, 0.25) is 0 Å². The first-order valence-corrected chi connectivity index (χ1v) is 5.20. The molecule has 1 N–H and O–H groups in total. The highest BCUT2D eigenvalue weighted by atomic mass is 16.1. The van der Waals surface area contributed by atoms with Crippen LogP contribution in [0.1, 0.15) is 18.1 Å². The second-order valence-corrected chi connectivity index (χ2v) is 3.45. The van der Waals surface area contributed by atoms with E-state index in [0.29, 0.717) is 11.5 Å². The second kappa shape index (κ2) is 4.58. The maximum Gasteiger partial charge on any atom is 0.269 e. The van der Waals surface area contributed by atoms with Crippen molar-refractivity contribution in [1.82, 2.24) is 15.0 Å². The third-order valence-electron chi connectivity index (χ3n) is 2.42. The molecule has 84 valence electrons. The molecule has 5 nitrogen and oxygen atoms in total. The fourth-order valence-corrected chi connectivity index (χ4v) is 1.53. The molecular weight excluding hydrogens is 216 g/mol. The third-order valence-corrected chi connectivity index (χ3v) is 2.42. The lowest BCUT2D eigenvalue weighted by Crippen LogP contribution is -2.13. The van der Waals surface area contributed by atoms with E-state index in [1.54, 1.807) is 12.3 Å². The van der Waals surface area contributed by atoms with Gasteiger partial charge in [-0.25, -0.2) is 4.98 Å². The predicted molar refractivity (Wildman–Crippen MR) is 62.2 cm³/mol. The van der Waals surface area contributed by atoms with Gasteiger partial charge in [0.25, 0.3) is 5.56 Å². The van der Waals surface area contributed by atoms with E-state index in [4.69, 9.17) is 5.26 Å². The molecule has 0 aliphatic heterocycles. The van der Waals surface area contributed by atoms with E-state index in [0.717, 1.165) is 12.0 Å². The largest absolute Gasteiger partial charge is 0.304 e. The molecule has 0 bridgehead atoms. The summed E-state index contributed by atoms with van der Waals surface area (Å²) in [6, 6.07) is 5.54. The van der Waals surface area contributed by atoms with Gasteiger partial charge < -0.3 is 4.98 Å². The van der Waals surface area contributed by atoms with Crippen molar-refractivity contribution in [2.45, 2.75) is 13.3 Å². The molecule has 0 saturated carbocycles. The fourth-order valence-electron chi connectivity index (χ4n) is 1.53. The molecule has 0 unspecified atom stereocenters. The van der Waals surface area contributed by atoms with Gasteiger partial charge in [0, 0.05) is 6.20 Å². The number of hydrogen-bond donors (Lipinski definition) is 1. The summed E-state index contributed by atoms with van der Waals surface area (Å²) >= 11 is 0. The smallest absolute Gasteiger partial charge is 0.269 e. The summed E-state index contributed by atoms with van der Waals surface area (Å²) in [6.07, 6.45) is 3.71. The van der Waals surface area contributed by atoms with Crippen LogP contribution in [0.25, 0.3) is 11.5 Å². The van der Waals surface area contributed by atoms with Gasteiger partial charge in [0.05, 0.1) is 6.20 Å². The second-order valence-electron chi connectivity index (χ2n) is 3.45. The van der Waals surface area contributed by atoms with Gasteiger partial charge in [0.15, 0.2) is 5.82 Å². The fraction of sp³-hybridized carbons (Fsp3) is 0.167. The Morgan fingerprint density at radius 1 is 1.47 bits per heavy atom. The average molecular weight is 226 g/mol. The van der Waals surface area contributed by atoms with Gasteiger partial charge in [-0.1, -0.05) is 13.0 Å². The van der Waals surface area contributed by atoms with E-state index >= 15 is 0 Å². The molecule has 0 saturated heterocycles. The van der Waals surface area contributed by atoms with Crippen molar-refractivity contribution >= 4 is 0 Å². The summed E-state index contributed by atoms with van der Waals surface area (Å²) in [4.78, 5) is 22.3. The lowest BCUT2D eigenvalue weighted by molar-refractivity contribution is 1.05. The number of pyridine rings is 1. The summed E-state index contributed by atoms with van der Waals surface area (Å²) < 4.78 is 0. The van der Waals surface area contributed by atoms with E-state index in [1.807, 2.05) is 19.1 Å². The average Bonchev–Trinajstić information content (AvgIpc) is 2.38. The van der Waals surface area contributed by atoms with Crippen LogP contribution in [0.4, 0.5) is 0 Å². The van der Waals surface area contributed by atoms with Crippen LogP contribution < -0.4 is 5.56 Å². The number of rotatable bonds is 2. The highest BCUT2D eigenvalue weighted by molar-refractivity contribution is 5.54. The van der Waals surface area contributed by atoms with E-state index in [-0.39, 0.29) is 5.56 Å². The van der Waals surface area contributed by atoms with Gasteiger partial charge in [-0.05, 0) is 18.1 Å². The van der Waals surface area contributed by atoms with E-state index < -0.39 is 5.56 Å². The Labute approximate surface area is 97.8 Å². The number of aromatic amines is 1. The Kier molecular flexibility index (Phi) is 2.97. The maximum absolute atomic E-state index is 11.5. The van der Waals surface area contributed by atoms with Crippen molar-refractivity contribution in [1.29, 1.82) is 5.26 Å². The molecule has 0 aliphatic carbocycles. The van der Waals surface area contributed by atoms with Crippen molar-refractivity contribution in [3.63, 3.8) is 0 Å². The van der Waals surface area contributed by atoms with Crippen molar-refractivity contribution in [2.75, 3.05) is 0 Å². The van der Waals surface area contributed by atoms with E-state index in [1.165, 1.54) is 6.20 Å². The molecule has 2 aromatic rings. The zero-order valence-electron chi connectivity index (χ0n) is 9.27. The van der Waals surface area contributed by atoms with Crippen molar-refractivity contribution in [3.05, 3.63) is 46.0 Å². The molecule has 17 heavy (non-hydrogen) atoms. The maximum atomic E-state index is 11.5. The molecule has 0 radical (unpaired) electrons. The minimum absolute atomic E-state index is 0.00253. The highest BCUT2D eigenvalue weighted by Gasteiger charge is 2.08. The molecule has 2 rings (SSSR count). The van der Waals surface area contributed by atoms with Gasteiger partial charge in [-0.15, -0.1) is 0 Å². The van der Waals surface area contributed by atoms with Gasteiger partial charge in [0.1, 0.15) is 17.3 Å². The number of nitrogens with zero attached hydrogens (tertiary/aromatic N) is 3. The molecule has 2 aromatic heterocycles. The lowest BCUT2D eigenvalue weighted by Gasteiger charge is -2.04. The number of nitriles is 1. The molecule has 0 aromatic carbocycles. The number of aromatic nitrogens is 3. The van der Waals surface area contributed by atoms with Gasteiger partial charge >= 0.3 is 0 Å². The van der Waals surface area contributed by atoms with Crippen LogP contribution in [-0.4, -0.2) is 15.0 Å². The van der Waals surface area contributed by atoms with E-state index in [9.17, 15) is 4.79 Å². The molecule has 0 atom stereocenters. The monoisotopic (exact) mass is 226 g/mol. The van der Waals surface area contributed by atoms with Crippen LogP contribution in [0, 0.1) is 11.3 Å². The highest BCUT2D eigenvalue weighted by Crippen LogP contribution is 2.16. The first-order valence-electron chi connectivity index (χ1n) is 5.20. The van der Waals surface area contributed by atoms with E-state index in [2.05, 4.69) is 15.0 Å². The Morgan fingerprint density at radius 3 is 2.94 bits per heavy atom. The SMILES string of the molecule is CCc1cccnc1-c1ncc(C#N)c(=O)[nH]1. The summed E-state index contributed by atoms with van der Waals surface area (Å²) in [6.45, 7) is 2.00. The predicted octanol–water partition coefficient (Wildman–Crippen LogP) is 1.27. The number of nitrogens with one attached hydrogen (secondary N) is 1. The van der Waals surface area contributed by atoms with Crippen LogP contribution in [0.5, 0.6) is 0 Å². The van der Waals surface area contributed by atoms with Crippen LogP contribution >= 0.6 is 0 Å². The summed E-state index contributed by atoms with van der Waals surface area (Å²) in [5, 5.41) is 8.66. The van der Waals surface area contributed by atoms with Crippen molar-refractivity contribution < 1.29 is 0 Å². The third kappa shape index (κ3) is 2.06. The molecule has 5 heteroatoms. The van der Waals surface area contributed by atoms with Crippen LogP contribution in [-0.2, 0) is 6.42 Å². The molecule has 2 heterocycles. The van der Waals surface area contributed by atoms with Crippen molar-refractivity contribution in [3.8, 4) is 17.6 Å². The summed E-state index contributed by atoms with van der Waals surface area (Å²) in [5.41, 5.74) is 1.21. The zero-order valence-corrected chi connectivity index (χ0v) is 9.27. The summed E-state index contributed by atoms with van der Waals surface area (Å²) in [5.74, 6) is 0.395. The first kappa shape index (κ1) is 11.0.